The predicted octanol–water partition coefficient (Wildman–Crippen LogP) is 5.40. The zero-order valence-electron chi connectivity index (χ0n) is 16.1. The molecule has 29 heavy (non-hydrogen) atoms. The van der Waals surface area contributed by atoms with Crippen LogP contribution in [0.4, 0.5) is 0 Å². The monoisotopic (exact) mass is 411 g/mol. The highest BCUT2D eigenvalue weighted by Crippen LogP contribution is 2.25. The molecule has 1 aliphatic rings. The summed E-state index contributed by atoms with van der Waals surface area (Å²) in [5, 5.41) is 10.7. The van der Waals surface area contributed by atoms with E-state index in [9.17, 15) is 10.1 Å². The Bertz CT molecular complexity index is 974. The van der Waals surface area contributed by atoms with Crippen LogP contribution in [-0.2, 0) is 0 Å². The molecule has 2 aromatic rings. The third-order valence-corrected chi connectivity index (χ3v) is 4.79. The maximum Gasteiger partial charge on any atom is 0.223 e. The van der Waals surface area contributed by atoms with Crippen LogP contribution in [0.3, 0.4) is 0 Å². The first kappa shape index (κ1) is 20.7. The van der Waals surface area contributed by atoms with Gasteiger partial charge in [0.25, 0.3) is 0 Å². The number of furan rings is 1. The number of allylic oxidation sites excluding steroid dienone is 4. The molecule has 3 rings (SSSR count). The van der Waals surface area contributed by atoms with Gasteiger partial charge in [-0.25, -0.2) is 0 Å². The van der Waals surface area contributed by atoms with Crippen molar-refractivity contribution in [2.24, 2.45) is 4.99 Å². The van der Waals surface area contributed by atoms with Crippen LogP contribution in [0.2, 0.25) is 0 Å². The van der Waals surface area contributed by atoms with Crippen molar-refractivity contribution in [2.75, 3.05) is 13.1 Å². The van der Waals surface area contributed by atoms with E-state index >= 15 is 0 Å². The van der Waals surface area contributed by atoms with Crippen LogP contribution >= 0.6 is 11.6 Å². The molecule has 1 atom stereocenters. The van der Waals surface area contributed by atoms with Gasteiger partial charge in [-0.1, -0.05) is 24.6 Å². The summed E-state index contributed by atoms with van der Waals surface area (Å²) in [7, 11) is 0. The highest BCUT2D eigenvalue weighted by atomic mass is 35.5. The molecule has 6 nitrogen and oxygen atoms in total. The summed E-state index contributed by atoms with van der Waals surface area (Å²) in [6.45, 7) is 2.50. The number of nitro groups is 1. The molecule has 0 spiro atoms. The predicted molar refractivity (Wildman–Crippen MR) is 115 cm³/mol. The molecular formula is C22H22ClN3O3. The fourth-order valence-electron chi connectivity index (χ4n) is 3.02. The number of aromatic nitrogens is 1. The Morgan fingerprint density at radius 1 is 1.41 bits per heavy atom. The SMILES string of the molecule is CC(/C=C\C(Cl)=C/C[N+](=O)[O-])c1ccc(/C=C2\CCCN=C2c2cccnc2)o1. The van der Waals surface area contributed by atoms with Gasteiger partial charge in [0.15, 0.2) is 0 Å². The van der Waals surface area contributed by atoms with Crippen molar-refractivity contribution >= 4 is 23.4 Å². The van der Waals surface area contributed by atoms with E-state index in [1.165, 1.54) is 6.08 Å². The third kappa shape index (κ3) is 5.99. The lowest BCUT2D eigenvalue weighted by Gasteiger charge is -2.15. The molecule has 2 aromatic heterocycles. The summed E-state index contributed by atoms with van der Waals surface area (Å²) in [4.78, 5) is 18.8. The number of rotatable bonds is 7. The van der Waals surface area contributed by atoms with E-state index < -0.39 is 4.92 Å². The van der Waals surface area contributed by atoms with Gasteiger partial charge >= 0.3 is 0 Å². The normalized spacial score (nSPS) is 17.5. The third-order valence-electron chi connectivity index (χ3n) is 4.51. The highest BCUT2D eigenvalue weighted by molar-refractivity contribution is 6.31. The molecule has 0 radical (unpaired) electrons. The first-order chi connectivity index (χ1) is 14.0. The summed E-state index contributed by atoms with van der Waals surface area (Å²) in [6.07, 6.45) is 12.5. The number of nitrogens with zero attached hydrogens (tertiary/aromatic N) is 3. The van der Waals surface area contributed by atoms with Gasteiger partial charge < -0.3 is 4.42 Å². The molecular weight excluding hydrogens is 390 g/mol. The van der Waals surface area contributed by atoms with Crippen LogP contribution in [0.5, 0.6) is 0 Å². The van der Waals surface area contributed by atoms with Crippen molar-refractivity contribution in [1.82, 2.24) is 4.98 Å². The lowest BCUT2D eigenvalue weighted by Crippen LogP contribution is -2.11. The van der Waals surface area contributed by atoms with Crippen molar-refractivity contribution in [3.63, 3.8) is 0 Å². The van der Waals surface area contributed by atoms with Crippen molar-refractivity contribution in [3.8, 4) is 0 Å². The molecule has 0 N–H and O–H groups in total. The standard InChI is InChI=1S/C22H22ClN3O3/c1-16(6-7-19(23)10-13-26(27)28)21-9-8-20(29-21)14-17-4-3-12-25-22(17)18-5-2-11-24-15-18/h2,5-11,14-16H,3-4,12-13H2,1H3/b7-6-,17-14+,19-10+. The van der Waals surface area contributed by atoms with E-state index in [0.29, 0.717) is 5.03 Å². The lowest BCUT2D eigenvalue weighted by molar-refractivity contribution is -0.468. The van der Waals surface area contributed by atoms with E-state index in [0.717, 1.165) is 47.8 Å². The Morgan fingerprint density at radius 3 is 3.03 bits per heavy atom. The molecule has 7 heteroatoms. The van der Waals surface area contributed by atoms with Gasteiger partial charge in [-0.2, -0.15) is 0 Å². The topological polar surface area (TPSA) is 81.5 Å². The first-order valence-electron chi connectivity index (χ1n) is 9.44. The second kappa shape index (κ2) is 9.98. The van der Waals surface area contributed by atoms with E-state index in [4.69, 9.17) is 16.0 Å². The molecule has 0 saturated carbocycles. The number of aliphatic imine (C=N–C) groups is 1. The van der Waals surface area contributed by atoms with Crippen molar-refractivity contribution in [3.05, 3.63) is 92.7 Å². The maximum absolute atomic E-state index is 10.4. The second-order valence-electron chi connectivity index (χ2n) is 6.74. The minimum Gasteiger partial charge on any atom is -0.461 e. The Morgan fingerprint density at radius 2 is 2.28 bits per heavy atom. The molecule has 0 saturated heterocycles. The van der Waals surface area contributed by atoms with Gasteiger partial charge in [-0.05, 0) is 54.8 Å². The van der Waals surface area contributed by atoms with Crippen molar-refractivity contribution in [1.29, 1.82) is 0 Å². The average molecular weight is 412 g/mol. The van der Waals surface area contributed by atoms with Gasteiger partial charge in [-0.3, -0.25) is 20.1 Å². The Hall–Kier alpha value is -2.99. The van der Waals surface area contributed by atoms with Gasteiger partial charge in [-0.15, -0.1) is 0 Å². The summed E-state index contributed by atoms with van der Waals surface area (Å²) in [5.74, 6) is 1.55. The van der Waals surface area contributed by atoms with Crippen LogP contribution < -0.4 is 0 Å². The second-order valence-corrected chi connectivity index (χ2v) is 7.17. The van der Waals surface area contributed by atoms with Gasteiger partial charge in [0.1, 0.15) is 11.5 Å². The molecule has 1 aliphatic heterocycles. The number of halogens is 1. The van der Waals surface area contributed by atoms with E-state index in [1.807, 2.05) is 49.5 Å². The fraction of sp³-hybridized carbons (Fsp3) is 0.273. The van der Waals surface area contributed by atoms with Crippen molar-refractivity contribution < 1.29 is 9.34 Å². The quantitative estimate of drug-likeness (QED) is 0.347. The number of hydrogen-bond acceptors (Lipinski definition) is 5. The van der Waals surface area contributed by atoms with Gasteiger partial charge in [0.05, 0.1) is 5.71 Å². The molecule has 0 aliphatic carbocycles. The van der Waals surface area contributed by atoms with Crippen LogP contribution in [0, 0.1) is 10.1 Å². The molecule has 1 unspecified atom stereocenters. The first-order valence-corrected chi connectivity index (χ1v) is 9.82. The van der Waals surface area contributed by atoms with Crippen molar-refractivity contribution in [2.45, 2.75) is 25.7 Å². The van der Waals surface area contributed by atoms with Gasteiger partial charge in [0, 0.05) is 46.5 Å². The molecule has 0 aromatic carbocycles. The summed E-state index contributed by atoms with van der Waals surface area (Å²) in [6, 6.07) is 7.79. The Kier molecular flexibility index (Phi) is 7.14. The number of hydrogen-bond donors (Lipinski definition) is 0. The minimum atomic E-state index is -0.430. The molecule has 150 valence electrons. The van der Waals surface area contributed by atoms with Crippen LogP contribution in [0.1, 0.15) is 42.8 Å². The fourth-order valence-corrected chi connectivity index (χ4v) is 3.17. The number of pyridine rings is 1. The van der Waals surface area contributed by atoms with E-state index in [-0.39, 0.29) is 12.5 Å². The molecule has 3 heterocycles. The van der Waals surface area contributed by atoms with E-state index in [2.05, 4.69) is 9.98 Å². The molecule has 0 fully saturated rings. The zero-order valence-corrected chi connectivity index (χ0v) is 16.9. The highest BCUT2D eigenvalue weighted by Gasteiger charge is 2.15. The van der Waals surface area contributed by atoms with Crippen LogP contribution in [0.15, 0.2) is 74.9 Å². The molecule has 0 bridgehead atoms. The van der Waals surface area contributed by atoms with Gasteiger partial charge in [0.2, 0.25) is 6.54 Å². The smallest absolute Gasteiger partial charge is 0.223 e. The largest absolute Gasteiger partial charge is 0.461 e. The summed E-state index contributed by atoms with van der Waals surface area (Å²) < 4.78 is 5.99. The van der Waals surface area contributed by atoms with Crippen LogP contribution in [-0.4, -0.2) is 28.7 Å². The Labute approximate surface area is 174 Å². The average Bonchev–Trinajstić information content (AvgIpc) is 3.20. The lowest BCUT2D eigenvalue weighted by atomic mass is 9.96. The Balaban J connectivity index is 1.73. The summed E-state index contributed by atoms with van der Waals surface area (Å²) >= 11 is 5.98. The maximum atomic E-state index is 10.4. The van der Waals surface area contributed by atoms with Crippen LogP contribution in [0.25, 0.3) is 6.08 Å². The molecule has 0 amide bonds. The zero-order chi connectivity index (χ0) is 20.6. The summed E-state index contributed by atoms with van der Waals surface area (Å²) in [5.41, 5.74) is 3.12. The van der Waals surface area contributed by atoms with E-state index in [1.54, 1.807) is 12.3 Å². The minimum absolute atomic E-state index is 0.0160.